The maximum absolute atomic E-state index is 13.1. The van der Waals surface area contributed by atoms with Gasteiger partial charge in [0.1, 0.15) is 5.82 Å². The van der Waals surface area contributed by atoms with Gasteiger partial charge in [0.15, 0.2) is 0 Å². The Morgan fingerprint density at radius 1 is 1.47 bits per heavy atom. The highest BCUT2D eigenvalue weighted by molar-refractivity contribution is 5.54. The molecule has 17 heavy (non-hydrogen) atoms. The first-order chi connectivity index (χ1) is 7.95. The van der Waals surface area contributed by atoms with Crippen LogP contribution >= 0.6 is 0 Å². The van der Waals surface area contributed by atoms with E-state index in [-0.39, 0.29) is 11.7 Å². The van der Waals surface area contributed by atoms with Gasteiger partial charge in [0.25, 0.3) is 0 Å². The zero-order valence-electron chi connectivity index (χ0n) is 10.3. The second-order valence-electron chi connectivity index (χ2n) is 4.29. The van der Waals surface area contributed by atoms with Crippen LogP contribution in [0.3, 0.4) is 0 Å². The summed E-state index contributed by atoms with van der Waals surface area (Å²) in [6.45, 7) is 3.96. The Kier molecular flexibility index (Phi) is 4.47. The zero-order chi connectivity index (χ0) is 13.0. The van der Waals surface area contributed by atoms with E-state index >= 15 is 0 Å². The lowest BCUT2D eigenvalue weighted by molar-refractivity contribution is 0.199. The van der Waals surface area contributed by atoms with Crippen molar-refractivity contribution in [2.75, 3.05) is 18.5 Å². The Morgan fingerprint density at radius 3 is 2.65 bits per heavy atom. The molecular weight excluding hydrogens is 219 g/mol. The van der Waals surface area contributed by atoms with Crippen LogP contribution in [0.25, 0.3) is 0 Å². The molecule has 0 spiro atoms. The van der Waals surface area contributed by atoms with Gasteiger partial charge >= 0.3 is 0 Å². The second kappa shape index (κ2) is 5.65. The molecule has 0 fully saturated rings. The molecule has 0 saturated heterocycles. The first-order valence-corrected chi connectivity index (χ1v) is 5.54. The van der Waals surface area contributed by atoms with Crippen molar-refractivity contribution in [1.82, 2.24) is 0 Å². The van der Waals surface area contributed by atoms with Gasteiger partial charge in [0.2, 0.25) is 0 Å². The molecule has 0 heterocycles. The van der Waals surface area contributed by atoms with Gasteiger partial charge in [-0.1, -0.05) is 0 Å². The van der Waals surface area contributed by atoms with Crippen molar-refractivity contribution in [3.63, 3.8) is 0 Å². The number of benzene rings is 1. The van der Waals surface area contributed by atoms with Gasteiger partial charge in [0.05, 0.1) is 18.1 Å². The number of hydrogen-bond donors (Lipinski definition) is 1. The number of hydrogen-bond acceptors (Lipinski definition) is 3. The molecule has 0 radical (unpaired) electrons. The maximum atomic E-state index is 13.1. The van der Waals surface area contributed by atoms with E-state index in [1.165, 1.54) is 12.1 Å². The Morgan fingerprint density at radius 2 is 2.12 bits per heavy atom. The highest BCUT2D eigenvalue weighted by Gasteiger charge is 2.14. The van der Waals surface area contributed by atoms with Crippen LogP contribution in [0.4, 0.5) is 10.1 Å². The van der Waals surface area contributed by atoms with Crippen LogP contribution in [0.2, 0.25) is 0 Å². The highest BCUT2D eigenvalue weighted by Crippen LogP contribution is 2.26. The fraction of sp³-hybridized carbons (Fsp3) is 0.462. The van der Waals surface area contributed by atoms with Gasteiger partial charge in [-0.2, -0.15) is 5.26 Å². The summed E-state index contributed by atoms with van der Waals surface area (Å²) in [6.07, 6.45) is -0.736. The molecule has 92 valence electrons. The van der Waals surface area contributed by atoms with Crippen molar-refractivity contribution >= 4 is 5.69 Å². The van der Waals surface area contributed by atoms with Crippen molar-refractivity contribution < 1.29 is 9.50 Å². The van der Waals surface area contributed by atoms with Gasteiger partial charge < -0.3 is 10.0 Å². The molecule has 0 saturated carbocycles. The fourth-order valence-electron chi connectivity index (χ4n) is 1.76. The highest BCUT2D eigenvalue weighted by atomic mass is 19.1. The third-order valence-electron chi connectivity index (χ3n) is 2.62. The van der Waals surface area contributed by atoms with E-state index in [1.54, 1.807) is 13.0 Å². The summed E-state index contributed by atoms with van der Waals surface area (Å²) in [5.74, 6) is -0.488. The average Bonchev–Trinajstić information content (AvgIpc) is 2.28. The Labute approximate surface area is 101 Å². The SMILES string of the molecule is CC(C#N)CN(C)c1ccc(F)cc1[C@@H](C)O. The first-order valence-electron chi connectivity index (χ1n) is 5.54. The number of nitriles is 1. The summed E-state index contributed by atoms with van der Waals surface area (Å²) < 4.78 is 13.1. The minimum Gasteiger partial charge on any atom is -0.389 e. The van der Waals surface area contributed by atoms with Crippen LogP contribution in [-0.4, -0.2) is 18.7 Å². The molecular formula is C13H17FN2O. The first kappa shape index (κ1) is 13.5. The monoisotopic (exact) mass is 236 g/mol. The van der Waals surface area contributed by atoms with Gasteiger partial charge in [-0.3, -0.25) is 0 Å². The summed E-state index contributed by atoms with van der Waals surface area (Å²) in [4.78, 5) is 1.86. The van der Waals surface area contributed by atoms with Gasteiger partial charge in [-0.05, 0) is 32.0 Å². The smallest absolute Gasteiger partial charge is 0.123 e. The number of nitrogens with zero attached hydrogens (tertiary/aromatic N) is 2. The number of aliphatic hydroxyl groups excluding tert-OH is 1. The summed E-state index contributed by atoms with van der Waals surface area (Å²) in [5, 5.41) is 18.4. The number of rotatable bonds is 4. The van der Waals surface area contributed by atoms with Gasteiger partial charge in [0, 0.05) is 24.8 Å². The normalized spacial score (nSPS) is 13.9. The lowest BCUT2D eigenvalue weighted by atomic mass is 10.1. The lowest BCUT2D eigenvalue weighted by Gasteiger charge is -2.24. The van der Waals surface area contributed by atoms with Crippen LogP contribution in [0.1, 0.15) is 25.5 Å². The van der Waals surface area contributed by atoms with Crippen LogP contribution in [0, 0.1) is 23.1 Å². The summed E-state index contributed by atoms with van der Waals surface area (Å²) >= 11 is 0. The molecule has 0 amide bonds. The van der Waals surface area contributed by atoms with Crippen LogP contribution < -0.4 is 4.90 Å². The standard InChI is InChI=1S/C13H17FN2O/c1-9(7-15)8-16(3)13-5-4-11(14)6-12(13)10(2)17/h4-6,9-10,17H,8H2,1-3H3/t9?,10-/m1/s1. The Bertz CT molecular complexity index is 426. The van der Waals surface area contributed by atoms with E-state index in [0.29, 0.717) is 12.1 Å². The van der Waals surface area contributed by atoms with E-state index in [9.17, 15) is 9.50 Å². The lowest BCUT2D eigenvalue weighted by Crippen LogP contribution is -2.24. The molecule has 1 N–H and O–H groups in total. The second-order valence-corrected chi connectivity index (χ2v) is 4.29. The van der Waals surface area contributed by atoms with Crippen molar-refractivity contribution in [3.05, 3.63) is 29.6 Å². The minimum absolute atomic E-state index is 0.119. The third-order valence-corrected chi connectivity index (χ3v) is 2.62. The summed E-state index contributed by atoms with van der Waals surface area (Å²) in [5.41, 5.74) is 1.29. The van der Waals surface area contributed by atoms with Crippen LogP contribution in [0.15, 0.2) is 18.2 Å². The molecule has 0 bridgehead atoms. The third kappa shape index (κ3) is 3.43. The summed E-state index contributed by atoms with van der Waals surface area (Å²) in [7, 11) is 1.83. The van der Waals surface area contributed by atoms with Crippen molar-refractivity contribution in [3.8, 4) is 6.07 Å². The van der Waals surface area contributed by atoms with Crippen LogP contribution in [0.5, 0.6) is 0 Å². The molecule has 2 atom stereocenters. The molecule has 0 aliphatic heterocycles. The molecule has 1 unspecified atom stereocenters. The molecule has 1 rings (SSSR count). The van der Waals surface area contributed by atoms with Gasteiger partial charge in [-0.15, -0.1) is 0 Å². The maximum Gasteiger partial charge on any atom is 0.123 e. The molecule has 1 aromatic carbocycles. The van der Waals surface area contributed by atoms with E-state index < -0.39 is 6.10 Å². The predicted octanol–water partition coefficient (Wildman–Crippen LogP) is 2.47. The zero-order valence-corrected chi connectivity index (χ0v) is 10.3. The van der Waals surface area contributed by atoms with E-state index in [0.717, 1.165) is 5.69 Å². The van der Waals surface area contributed by atoms with Crippen molar-refractivity contribution in [2.45, 2.75) is 20.0 Å². The average molecular weight is 236 g/mol. The van der Waals surface area contributed by atoms with E-state index in [4.69, 9.17) is 5.26 Å². The molecule has 0 aliphatic rings. The Balaban J connectivity index is 3.01. The molecule has 4 heteroatoms. The molecule has 0 aliphatic carbocycles. The Hall–Kier alpha value is -1.60. The predicted molar refractivity (Wildman–Crippen MR) is 65.1 cm³/mol. The van der Waals surface area contributed by atoms with Crippen molar-refractivity contribution in [2.24, 2.45) is 5.92 Å². The fourth-order valence-corrected chi connectivity index (χ4v) is 1.76. The number of aliphatic hydroxyl groups is 1. The van der Waals surface area contributed by atoms with E-state index in [1.807, 2.05) is 18.9 Å². The van der Waals surface area contributed by atoms with E-state index in [2.05, 4.69) is 6.07 Å². The molecule has 3 nitrogen and oxygen atoms in total. The van der Waals surface area contributed by atoms with Crippen LogP contribution in [-0.2, 0) is 0 Å². The summed E-state index contributed by atoms with van der Waals surface area (Å²) in [6, 6.07) is 6.46. The molecule has 1 aromatic rings. The quantitative estimate of drug-likeness (QED) is 0.873. The van der Waals surface area contributed by atoms with Gasteiger partial charge in [-0.25, -0.2) is 4.39 Å². The largest absolute Gasteiger partial charge is 0.389 e. The van der Waals surface area contributed by atoms with Crippen molar-refractivity contribution in [1.29, 1.82) is 5.26 Å². The number of anilines is 1. The molecule has 0 aromatic heterocycles. The number of halogens is 1. The topological polar surface area (TPSA) is 47.3 Å². The minimum atomic E-state index is -0.736.